The second-order valence-corrected chi connectivity index (χ2v) is 5.53. The first-order valence-electron chi connectivity index (χ1n) is 7.97. The summed E-state index contributed by atoms with van der Waals surface area (Å²) in [7, 11) is 0. The number of rotatable bonds is 5. The molecule has 0 spiro atoms. The van der Waals surface area contributed by atoms with E-state index in [9.17, 15) is 14.0 Å². The minimum absolute atomic E-state index is 0.199. The largest absolute Gasteiger partial charge is 0.423 e. The SMILES string of the molecule is O=C(C=Cc1ccc(F)cc1)c1ccc(OC(=O)c2ccccc2)cc1. The van der Waals surface area contributed by atoms with Crippen LogP contribution in [0.4, 0.5) is 4.39 Å². The molecule has 0 atom stereocenters. The van der Waals surface area contributed by atoms with Gasteiger partial charge >= 0.3 is 5.97 Å². The zero-order valence-corrected chi connectivity index (χ0v) is 13.8. The Morgan fingerprint density at radius 2 is 1.42 bits per heavy atom. The Balaban J connectivity index is 1.64. The van der Waals surface area contributed by atoms with Crippen molar-refractivity contribution in [3.05, 3.63) is 107 Å². The van der Waals surface area contributed by atoms with Crippen molar-refractivity contribution in [2.45, 2.75) is 0 Å². The lowest BCUT2D eigenvalue weighted by Crippen LogP contribution is -2.08. The molecule has 0 radical (unpaired) electrons. The number of hydrogen-bond donors (Lipinski definition) is 0. The molecular formula is C22H15FO3. The summed E-state index contributed by atoms with van der Waals surface area (Å²) >= 11 is 0. The van der Waals surface area contributed by atoms with Crippen LogP contribution in [0.15, 0.2) is 84.9 Å². The van der Waals surface area contributed by atoms with E-state index in [-0.39, 0.29) is 11.6 Å². The number of allylic oxidation sites excluding steroid dienone is 1. The quantitative estimate of drug-likeness (QED) is 0.284. The van der Waals surface area contributed by atoms with E-state index in [2.05, 4.69) is 0 Å². The number of carbonyl (C=O) groups excluding carboxylic acids is 2. The zero-order valence-electron chi connectivity index (χ0n) is 13.8. The highest BCUT2D eigenvalue weighted by atomic mass is 19.1. The maximum atomic E-state index is 12.9. The lowest BCUT2D eigenvalue weighted by atomic mass is 10.1. The number of benzene rings is 3. The Morgan fingerprint density at radius 1 is 0.769 bits per heavy atom. The summed E-state index contributed by atoms with van der Waals surface area (Å²) in [6.07, 6.45) is 3.03. The van der Waals surface area contributed by atoms with Gasteiger partial charge in [0.1, 0.15) is 11.6 Å². The Bertz CT molecular complexity index is 927. The van der Waals surface area contributed by atoms with E-state index in [1.165, 1.54) is 18.2 Å². The standard InChI is InChI=1S/C22H15FO3/c23-19-11-6-16(7-12-19)8-15-21(24)17-9-13-20(14-10-17)26-22(25)18-4-2-1-3-5-18/h1-15H. The first kappa shape index (κ1) is 17.3. The molecule has 0 amide bonds. The molecular weight excluding hydrogens is 331 g/mol. The van der Waals surface area contributed by atoms with Gasteiger partial charge < -0.3 is 4.74 Å². The number of hydrogen-bond acceptors (Lipinski definition) is 3. The van der Waals surface area contributed by atoms with Gasteiger partial charge in [-0.15, -0.1) is 0 Å². The minimum atomic E-state index is -0.458. The predicted molar refractivity (Wildman–Crippen MR) is 97.6 cm³/mol. The van der Waals surface area contributed by atoms with Gasteiger partial charge in [-0.1, -0.05) is 36.4 Å². The molecule has 0 aliphatic rings. The molecule has 3 rings (SSSR count). The number of esters is 1. The summed E-state index contributed by atoms with van der Waals surface area (Å²) in [5.41, 5.74) is 1.64. The molecule has 3 nitrogen and oxygen atoms in total. The highest BCUT2D eigenvalue weighted by Crippen LogP contribution is 2.15. The fraction of sp³-hybridized carbons (Fsp3) is 0. The topological polar surface area (TPSA) is 43.4 Å². The molecule has 0 N–H and O–H groups in total. The molecule has 0 fully saturated rings. The fourth-order valence-corrected chi connectivity index (χ4v) is 2.27. The summed E-state index contributed by atoms with van der Waals surface area (Å²) in [4.78, 5) is 24.2. The second kappa shape index (κ2) is 8.03. The number of ketones is 1. The van der Waals surface area contributed by atoms with Crippen LogP contribution in [-0.2, 0) is 0 Å². The number of ether oxygens (including phenoxy) is 1. The third-order valence-electron chi connectivity index (χ3n) is 3.66. The van der Waals surface area contributed by atoms with Crippen molar-refractivity contribution in [3.63, 3.8) is 0 Å². The summed E-state index contributed by atoms with van der Waals surface area (Å²) in [5, 5.41) is 0. The molecule has 0 heterocycles. The van der Waals surface area contributed by atoms with Crippen LogP contribution in [-0.4, -0.2) is 11.8 Å². The molecule has 0 saturated carbocycles. The lowest BCUT2D eigenvalue weighted by molar-refractivity contribution is 0.0734. The van der Waals surface area contributed by atoms with Crippen molar-refractivity contribution >= 4 is 17.8 Å². The van der Waals surface area contributed by atoms with Gasteiger partial charge in [-0.3, -0.25) is 4.79 Å². The van der Waals surface area contributed by atoms with Gasteiger partial charge in [0.05, 0.1) is 5.56 Å². The van der Waals surface area contributed by atoms with Gasteiger partial charge in [0, 0.05) is 5.56 Å². The highest BCUT2D eigenvalue weighted by molar-refractivity contribution is 6.06. The van der Waals surface area contributed by atoms with E-state index >= 15 is 0 Å². The molecule has 0 saturated heterocycles. The van der Waals surface area contributed by atoms with Crippen molar-refractivity contribution in [2.75, 3.05) is 0 Å². The molecule has 0 unspecified atom stereocenters. The Kier molecular flexibility index (Phi) is 5.34. The number of halogens is 1. The van der Waals surface area contributed by atoms with Crippen molar-refractivity contribution in [3.8, 4) is 5.75 Å². The molecule has 0 bridgehead atoms. The van der Waals surface area contributed by atoms with E-state index in [0.29, 0.717) is 16.9 Å². The first-order chi connectivity index (χ1) is 12.6. The van der Waals surface area contributed by atoms with Gasteiger partial charge in [-0.25, -0.2) is 9.18 Å². The van der Waals surface area contributed by atoms with E-state index < -0.39 is 5.97 Å². The average molecular weight is 346 g/mol. The van der Waals surface area contributed by atoms with Gasteiger partial charge in [0.25, 0.3) is 0 Å². The monoisotopic (exact) mass is 346 g/mol. The summed E-state index contributed by atoms with van der Waals surface area (Å²) in [5.74, 6) is -0.622. The fourth-order valence-electron chi connectivity index (χ4n) is 2.27. The van der Waals surface area contributed by atoms with Crippen LogP contribution in [0, 0.1) is 5.82 Å². The lowest BCUT2D eigenvalue weighted by Gasteiger charge is -2.04. The maximum absolute atomic E-state index is 12.9. The van der Waals surface area contributed by atoms with Crippen LogP contribution in [0.25, 0.3) is 6.08 Å². The molecule has 128 valence electrons. The zero-order chi connectivity index (χ0) is 18.4. The molecule has 0 aromatic heterocycles. The number of carbonyl (C=O) groups is 2. The van der Waals surface area contributed by atoms with Crippen LogP contribution in [0.3, 0.4) is 0 Å². The van der Waals surface area contributed by atoms with Crippen LogP contribution < -0.4 is 4.74 Å². The van der Waals surface area contributed by atoms with Crippen molar-refractivity contribution in [2.24, 2.45) is 0 Å². The smallest absolute Gasteiger partial charge is 0.343 e. The summed E-state index contributed by atoms with van der Waals surface area (Å²) in [6.45, 7) is 0. The van der Waals surface area contributed by atoms with Crippen LogP contribution in [0.2, 0.25) is 0 Å². The maximum Gasteiger partial charge on any atom is 0.343 e. The van der Waals surface area contributed by atoms with E-state index in [1.807, 2.05) is 6.07 Å². The van der Waals surface area contributed by atoms with Crippen LogP contribution in [0.5, 0.6) is 5.75 Å². The third-order valence-corrected chi connectivity index (χ3v) is 3.66. The summed E-state index contributed by atoms with van der Waals surface area (Å²) in [6, 6.07) is 20.8. The van der Waals surface area contributed by atoms with E-state index in [1.54, 1.807) is 66.7 Å². The minimum Gasteiger partial charge on any atom is -0.423 e. The van der Waals surface area contributed by atoms with Gasteiger partial charge in [-0.2, -0.15) is 0 Å². The molecule has 4 heteroatoms. The molecule has 0 aliphatic carbocycles. The Hall–Kier alpha value is -3.53. The predicted octanol–water partition coefficient (Wildman–Crippen LogP) is 4.94. The molecule has 26 heavy (non-hydrogen) atoms. The van der Waals surface area contributed by atoms with Crippen molar-refractivity contribution in [1.29, 1.82) is 0 Å². The third kappa shape index (κ3) is 4.51. The highest BCUT2D eigenvalue weighted by Gasteiger charge is 2.08. The first-order valence-corrected chi connectivity index (χ1v) is 7.97. The normalized spacial score (nSPS) is 10.7. The van der Waals surface area contributed by atoms with Crippen molar-refractivity contribution < 1.29 is 18.7 Å². The van der Waals surface area contributed by atoms with E-state index in [0.717, 1.165) is 5.56 Å². The van der Waals surface area contributed by atoms with Gasteiger partial charge in [-0.05, 0) is 60.2 Å². The van der Waals surface area contributed by atoms with Gasteiger partial charge in [0.2, 0.25) is 0 Å². The summed E-state index contributed by atoms with van der Waals surface area (Å²) < 4.78 is 18.1. The van der Waals surface area contributed by atoms with Crippen LogP contribution >= 0.6 is 0 Å². The molecule has 3 aromatic rings. The van der Waals surface area contributed by atoms with Gasteiger partial charge in [0.15, 0.2) is 5.78 Å². The second-order valence-electron chi connectivity index (χ2n) is 5.53. The van der Waals surface area contributed by atoms with E-state index in [4.69, 9.17) is 4.74 Å². The molecule has 0 aliphatic heterocycles. The van der Waals surface area contributed by atoms with Crippen molar-refractivity contribution in [1.82, 2.24) is 0 Å². The average Bonchev–Trinajstić information content (AvgIpc) is 2.68. The van der Waals surface area contributed by atoms with Crippen LogP contribution in [0.1, 0.15) is 26.3 Å². The molecule has 3 aromatic carbocycles. The Labute approximate surface area is 150 Å². The Morgan fingerprint density at radius 3 is 2.08 bits per heavy atom.